The van der Waals surface area contributed by atoms with E-state index in [4.69, 9.17) is 37.4 Å². The second kappa shape index (κ2) is 11.1. The van der Waals surface area contributed by atoms with E-state index in [2.05, 4.69) is 45.0 Å². The molecule has 0 N–H and O–H groups in total. The first kappa shape index (κ1) is 24.4. The number of hydrogen-bond donors (Lipinski definition) is 0. The van der Waals surface area contributed by atoms with Crippen molar-refractivity contribution >= 4 is 23.2 Å². The Hall–Kier alpha value is -2.20. The quantitative estimate of drug-likeness (QED) is 0.303. The number of methoxy groups -OCH3 is 1. The van der Waals surface area contributed by atoms with Crippen molar-refractivity contribution in [3.63, 3.8) is 0 Å². The van der Waals surface area contributed by atoms with Gasteiger partial charge >= 0.3 is 0 Å². The molecule has 0 unspecified atom stereocenters. The predicted octanol–water partition coefficient (Wildman–Crippen LogP) is 7.62. The highest BCUT2D eigenvalue weighted by atomic mass is 35.5. The van der Waals surface area contributed by atoms with Gasteiger partial charge in [-0.05, 0) is 68.7 Å². The highest BCUT2D eigenvalue weighted by Gasteiger charge is 2.37. The van der Waals surface area contributed by atoms with E-state index >= 15 is 0 Å². The average Bonchev–Trinajstić information content (AvgIpc) is 2.78. The smallest absolute Gasteiger partial charge is 0.138 e. The summed E-state index contributed by atoms with van der Waals surface area (Å²) in [5.41, 5.74) is 1.78. The molecule has 0 saturated carbocycles. The zero-order valence-electron chi connectivity index (χ0n) is 19.0. The molecule has 0 fully saturated rings. The lowest BCUT2D eigenvalue weighted by molar-refractivity contribution is -0.0622. The predicted molar refractivity (Wildman–Crippen MR) is 132 cm³/mol. The summed E-state index contributed by atoms with van der Waals surface area (Å²) in [5, 5.41) is 1.08. The third-order valence-electron chi connectivity index (χ3n) is 5.70. The second-order valence-electron chi connectivity index (χ2n) is 8.44. The number of hydrogen-bond acceptors (Lipinski definition) is 3. The zero-order valence-corrected chi connectivity index (χ0v) is 20.5. The molecule has 0 spiro atoms. The van der Waals surface area contributed by atoms with Crippen molar-refractivity contribution in [3.8, 4) is 11.5 Å². The minimum atomic E-state index is -0.549. The number of ether oxygens (including phenoxy) is 3. The molecule has 0 aliphatic rings. The van der Waals surface area contributed by atoms with Gasteiger partial charge in [0, 0.05) is 10.9 Å². The van der Waals surface area contributed by atoms with Crippen molar-refractivity contribution in [3.05, 3.63) is 94.0 Å². The van der Waals surface area contributed by atoms with Gasteiger partial charge in [0.15, 0.2) is 0 Å². The minimum Gasteiger partial charge on any atom is -0.497 e. The Bertz CT molecular complexity index is 988. The molecule has 0 saturated heterocycles. The van der Waals surface area contributed by atoms with Crippen LogP contribution in [0.15, 0.2) is 72.8 Å². The lowest BCUT2D eigenvalue weighted by Crippen LogP contribution is -2.45. The molecule has 3 nitrogen and oxygen atoms in total. The molecule has 2 atom stereocenters. The average molecular weight is 473 g/mol. The normalized spacial score (nSPS) is 13.4. The lowest BCUT2D eigenvalue weighted by atomic mass is 9.81. The van der Waals surface area contributed by atoms with Gasteiger partial charge in [-0.3, -0.25) is 0 Å². The van der Waals surface area contributed by atoms with Crippen molar-refractivity contribution in [2.45, 2.75) is 45.5 Å². The van der Waals surface area contributed by atoms with E-state index in [0.717, 1.165) is 17.7 Å². The summed E-state index contributed by atoms with van der Waals surface area (Å²) in [6, 6.07) is 23.6. The molecule has 3 rings (SSSR count). The van der Waals surface area contributed by atoms with E-state index in [1.54, 1.807) is 19.2 Å². The van der Waals surface area contributed by atoms with E-state index in [1.807, 2.05) is 36.4 Å². The Balaban J connectivity index is 1.79. The van der Waals surface area contributed by atoms with Crippen LogP contribution in [-0.2, 0) is 17.8 Å². The Kier molecular flexibility index (Phi) is 8.47. The molecule has 3 aromatic carbocycles. The Morgan fingerprint density at radius 2 is 1.56 bits per heavy atom. The van der Waals surface area contributed by atoms with Crippen molar-refractivity contribution in [1.29, 1.82) is 0 Å². The molecule has 0 aliphatic heterocycles. The molecule has 0 heterocycles. The van der Waals surface area contributed by atoms with Crippen LogP contribution in [0.5, 0.6) is 11.5 Å². The summed E-state index contributed by atoms with van der Waals surface area (Å²) in [5.74, 6) is 1.51. The first-order chi connectivity index (χ1) is 15.3. The van der Waals surface area contributed by atoms with Gasteiger partial charge in [-0.1, -0.05) is 65.7 Å². The number of halogens is 2. The van der Waals surface area contributed by atoms with Crippen molar-refractivity contribution in [2.24, 2.45) is 5.92 Å². The van der Waals surface area contributed by atoms with Crippen LogP contribution >= 0.6 is 23.2 Å². The maximum atomic E-state index is 6.44. The van der Waals surface area contributed by atoms with Gasteiger partial charge < -0.3 is 14.2 Å². The Morgan fingerprint density at radius 3 is 2.19 bits per heavy atom. The van der Waals surface area contributed by atoms with E-state index in [1.165, 1.54) is 5.56 Å². The Morgan fingerprint density at radius 1 is 0.875 bits per heavy atom. The summed E-state index contributed by atoms with van der Waals surface area (Å²) in [4.78, 5) is 0. The minimum absolute atomic E-state index is 0.0647. The number of rotatable bonds is 10. The highest BCUT2D eigenvalue weighted by Crippen LogP contribution is 2.36. The summed E-state index contributed by atoms with van der Waals surface area (Å²) in [7, 11) is 1.66. The first-order valence-corrected chi connectivity index (χ1v) is 11.5. The van der Waals surface area contributed by atoms with Crippen LogP contribution in [0.2, 0.25) is 10.0 Å². The molecular weight excluding hydrogens is 443 g/mol. The van der Waals surface area contributed by atoms with Crippen LogP contribution < -0.4 is 9.47 Å². The first-order valence-electron chi connectivity index (χ1n) is 10.7. The van der Waals surface area contributed by atoms with Gasteiger partial charge in [-0.25, -0.2) is 0 Å². The van der Waals surface area contributed by atoms with Crippen molar-refractivity contribution in [2.75, 3.05) is 7.11 Å². The Labute approximate surface area is 201 Å². The zero-order chi connectivity index (χ0) is 23.1. The van der Waals surface area contributed by atoms with Crippen LogP contribution in [-0.4, -0.2) is 18.8 Å². The number of benzene rings is 3. The summed E-state index contributed by atoms with van der Waals surface area (Å²) in [6.45, 7) is 6.78. The molecule has 3 aromatic rings. The van der Waals surface area contributed by atoms with Gasteiger partial charge in [0.2, 0.25) is 0 Å². The van der Waals surface area contributed by atoms with E-state index in [0.29, 0.717) is 22.4 Å². The van der Waals surface area contributed by atoms with Crippen LogP contribution in [0.4, 0.5) is 0 Å². The van der Waals surface area contributed by atoms with Gasteiger partial charge in [0.05, 0.1) is 24.8 Å². The van der Waals surface area contributed by atoms with Crippen molar-refractivity contribution in [1.82, 2.24) is 0 Å². The third-order valence-corrected chi connectivity index (χ3v) is 6.23. The summed E-state index contributed by atoms with van der Waals surface area (Å²) >= 11 is 12.5. The fourth-order valence-corrected chi connectivity index (χ4v) is 4.27. The van der Waals surface area contributed by atoms with Crippen LogP contribution in [0.1, 0.15) is 31.9 Å². The molecule has 0 bridgehead atoms. The van der Waals surface area contributed by atoms with E-state index < -0.39 is 5.60 Å². The van der Waals surface area contributed by atoms with E-state index in [9.17, 15) is 0 Å². The van der Waals surface area contributed by atoms with E-state index in [-0.39, 0.29) is 12.0 Å². The summed E-state index contributed by atoms with van der Waals surface area (Å²) in [6.07, 6.45) is 0.737. The summed E-state index contributed by atoms with van der Waals surface area (Å²) < 4.78 is 18.0. The van der Waals surface area contributed by atoms with Crippen molar-refractivity contribution < 1.29 is 14.2 Å². The van der Waals surface area contributed by atoms with Gasteiger partial charge in [-0.2, -0.15) is 0 Å². The topological polar surface area (TPSA) is 27.7 Å². The molecular formula is C27H30Cl2O3. The monoisotopic (exact) mass is 472 g/mol. The molecule has 0 aliphatic carbocycles. The molecule has 0 aromatic heterocycles. The fourth-order valence-electron chi connectivity index (χ4n) is 3.83. The standard InChI is InChI=1S/C27H30Cl2O3/c1-19(31-18-21-10-13-23(30-4)14-11-21)24(16-20-8-6-5-7-9-20)27(2,3)32-26-15-12-22(28)17-25(26)29/h5-15,17,19,24H,16,18H2,1-4H3/t19-,24-/m0/s1. The largest absolute Gasteiger partial charge is 0.497 e. The molecule has 0 radical (unpaired) electrons. The van der Waals surface area contributed by atoms with Gasteiger partial charge in [0.1, 0.15) is 17.1 Å². The highest BCUT2D eigenvalue weighted by molar-refractivity contribution is 6.35. The lowest BCUT2D eigenvalue weighted by Gasteiger charge is -2.39. The molecule has 5 heteroatoms. The second-order valence-corrected chi connectivity index (χ2v) is 9.28. The van der Waals surface area contributed by atoms with Crippen LogP contribution in [0.3, 0.4) is 0 Å². The molecule has 32 heavy (non-hydrogen) atoms. The van der Waals surface area contributed by atoms with Gasteiger partial charge in [-0.15, -0.1) is 0 Å². The maximum Gasteiger partial charge on any atom is 0.138 e. The van der Waals surface area contributed by atoms with Gasteiger partial charge in [0.25, 0.3) is 0 Å². The maximum absolute atomic E-state index is 6.44. The van der Waals surface area contributed by atoms with Crippen LogP contribution in [0.25, 0.3) is 0 Å². The third kappa shape index (κ3) is 6.65. The fraction of sp³-hybridized carbons (Fsp3) is 0.333. The molecule has 170 valence electrons. The SMILES string of the molecule is COc1ccc(CO[C@@H](C)[C@H](Cc2ccccc2)C(C)(C)Oc2ccc(Cl)cc2Cl)cc1. The molecule has 0 amide bonds. The van der Waals surface area contributed by atoms with Crippen LogP contribution in [0, 0.1) is 5.92 Å².